The number of aliphatic hydroxyl groups is 1. The summed E-state index contributed by atoms with van der Waals surface area (Å²) < 4.78 is 16.6. The second-order valence-electron chi connectivity index (χ2n) is 7.70. The van der Waals surface area contributed by atoms with Crippen molar-refractivity contribution < 1.29 is 28.9 Å². The minimum atomic E-state index is -0.861. The molecule has 2 aromatic rings. The van der Waals surface area contributed by atoms with E-state index in [0.29, 0.717) is 34.3 Å². The molecule has 7 nitrogen and oxygen atoms in total. The average molecular weight is 458 g/mol. The van der Waals surface area contributed by atoms with Gasteiger partial charge in [-0.3, -0.25) is 9.59 Å². The molecule has 0 bridgehead atoms. The quantitative estimate of drug-likeness (QED) is 0.401. The van der Waals surface area contributed by atoms with Gasteiger partial charge in [-0.2, -0.15) is 0 Å². The van der Waals surface area contributed by atoms with Crippen molar-refractivity contribution in [3.63, 3.8) is 0 Å². The molecule has 1 N–H and O–H groups in total. The van der Waals surface area contributed by atoms with Gasteiger partial charge in [-0.15, -0.1) is 0 Å². The monoisotopic (exact) mass is 457 g/mol. The molecule has 32 heavy (non-hydrogen) atoms. The Kier molecular flexibility index (Phi) is 6.39. The summed E-state index contributed by atoms with van der Waals surface area (Å²) in [6, 6.07) is 10.7. The highest BCUT2D eigenvalue weighted by molar-refractivity contribution is 6.46. The third-order valence-corrected chi connectivity index (χ3v) is 6.07. The average Bonchev–Trinajstić information content (AvgIpc) is 3.41. The highest BCUT2D eigenvalue weighted by atomic mass is 35.5. The Bertz CT molecular complexity index is 1060. The first kappa shape index (κ1) is 22.2. The number of likely N-dealkylation sites (tertiary alicyclic amines) is 1. The van der Waals surface area contributed by atoms with Gasteiger partial charge in [0.2, 0.25) is 0 Å². The van der Waals surface area contributed by atoms with E-state index in [2.05, 4.69) is 0 Å². The van der Waals surface area contributed by atoms with Gasteiger partial charge in [0.15, 0.2) is 0 Å². The van der Waals surface area contributed by atoms with Crippen LogP contribution in [0.4, 0.5) is 0 Å². The summed E-state index contributed by atoms with van der Waals surface area (Å²) in [6.45, 7) is 0.847. The topological polar surface area (TPSA) is 85.3 Å². The molecule has 0 saturated carbocycles. The molecule has 2 fully saturated rings. The molecule has 0 aliphatic carbocycles. The van der Waals surface area contributed by atoms with Gasteiger partial charge in [-0.25, -0.2) is 0 Å². The fourth-order valence-corrected chi connectivity index (χ4v) is 4.34. The number of methoxy groups -OCH3 is 2. The Morgan fingerprint density at radius 3 is 2.53 bits per heavy atom. The molecule has 2 aromatic carbocycles. The van der Waals surface area contributed by atoms with Gasteiger partial charge in [0, 0.05) is 29.3 Å². The molecular formula is C24H24ClNO6. The standard InChI is InChI=1S/C24H24ClNO6/c1-30-16-9-10-19(31-2)18(12-16)21-20(22(27)14-5-7-15(25)8-6-14)23(28)24(29)26(21)13-17-4-3-11-32-17/h5-10,12,17,21,27H,3-4,11,13H2,1-2H3/t17-,21+/m1/s1. The van der Waals surface area contributed by atoms with E-state index >= 15 is 0 Å². The minimum Gasteiger partial charge on any atom is -0.507 e. The van der Waals surface area contributed by atoms with E-state index < -0.39 is 17.7 Å². The normalized spacial score (nSPS) is 22.4. The van der Waals surface area contributed by atoms with E-state index in [1.54, 1.807) is 42.5 Å². The Hall–Kier alpha value is -3.03. The van der Waals surface area contributed by atoms with Crippen LogP contribution in [0.15, 0.2) is 48.0 Å². The van der Waals surface area contributed by atoms with Gasteiger partial charge in [-0.05, 0) is 55.3 Å². The molecular weight excluding hydrogens is 434 g/mol. The maximum Gasteiger partial charge on any atom is 0.295 e. The van der Waals surface area contributed by atoms with Gasteiger partial charge in [0.05, 0.1) is 31.9 Å². The summed E-state index contributed by atoms with van der Waals surface area (Å²) in [6.07, 6.45) is 1.51. The predicted octanol–water partition coefficient (Wildman–Crippen LogP) is 3.96. The molecule has 0 radical (unpaired) electrons. The number of amides is 1. The lowest BCUT2D eigenvalue weighted by atomic mass is 9.94. The van der Waals surface area contributed by atoms with Crippen LogP contribution >= 0.6 is 11.6 Å². The highest BCUT2D eigenvalue weighted by Gasteiger charge is 2.48. The number of carbonyl (C=O) groups is 2. The van der Waals surface area contributed by atoms with Crippen LogP contribution in [0.3, 0.4) is 0 Å². The van der Waals surface area contributed by atoms with Crippen molar-refractivity contribution in [1.29, 1.82) is 0 Å². The van der Waals surface area contributed by atoms with Gasteiger partial charge in [0.1, 0.15) is 17.3 Å². The zero-order valence-corrected chi connectivity index (χ0v) is 18.6. The maximum atomic E-state index is 13.2. The van der Waals surface area contributed by atoms with Gasteiger partial charge in [-0.1, -0.05) is 11.6 Å². The van der Waals surface area contributed by atoms with Crippen molar-refractivity contribution in [2.45, 2.75) is 25.0 Å². The fourth-order valence-electron chi connectivity index (χ4n) is 4.22. The van der Waals surface area contributed by atoms with Crippen LogP contribution in [0.5, 0.6) is 11.5 Å². The SMILES string of the molecule is COc1ccc(OC)c([C@H]2C(=C(O)c3ccc(Cl)cc3)C(=O)C(=O)N2C[C@H]2CCCO2)c1. The Labute approximate surface area is 191 Å². The molecule has 8 heteroatoms. The Balaban J connectivity index is 1.89. The third-order valence-electron chi connectivity index (χ3n) is 5.81. The highest BCUT2D eigenvalue weighted by Crippen LogP contribution is 2.44. The number of ether oxygens (including phenoxy) is 3. The van der Waals surface area contributed by atoms with Gasteiger partial charge < -0.3 is 24.2 Å². The van der Waals surface area contributed by atoms with Gasteiger partial charge in [0.25, 0.3) is 11.7 Å². The van der Waals surface area contributed by atoms with Crippen LogP contribution in [0.2, 0.25) is 5.02 Å². The van der Waals surface area contributed by atoms with Crippen LogP contribution < -0.4 is 9.47 Å². The van der Waals surface area contributed by atoms with Crippen molar-refractivity contribution in [1.82, 2.24) is 4.90 Å². The number of rotatable bonds is 6. The first-order valence-electron chi connectivity index (χ1n) is 10.3. The Morgan fingerprint density at radius 1 is 1.16 bits per heavy atom. The predicted molar refractivity (Wildman–Crippen MR) is 119 cm³/mol. The smallest absolute Gasteiger partial charge is 0.295 e. The number of aliphatic hydroxyl groups excluding tert-OH is 1. The van der Waals surface area contributed by atoms with Crippen molar-refractivity contribution in [3.05, 3.63) is 64.2 Å². The summed E-state index contributed by atoms with van der Waals surface area (Å²) in [5.74, 6) is -0.715. The lowest BCUT2D eigenvalue weighted by Gasteiger charge is -2.28. The number of nitrogens with zero attached hydrogens (tertiary/aromatic N) is 1. The lowest BCUT2D eigenvalue weighted by Crippen LogP contribution is -2.36. The molecule has 1 amide bonds. The number of carbonyl (C=O) groups excluding carboxylic acids is 2. The second-order valence-corrected chi connectivity index (χ2v) is 8.14. The molecule has 168 valence electrons. The van der Waals surface area contributed by atoms with Crippen LogP contribution in [-0.4, -0.2) is 55.2 Å². The fraction of sp³-hybridized carbons (Fsp3) is 0.333. The van der Waals surface area contributed by atoms with Crippen LogP contribution in [0.1, 0.15) is 30.0 Å². The third kappa shape index (κ3) is 4.06. The number of halogens is 1. The lowest BCUT2D eigenvalue weighted by molar-refractivity contribution is -0.140. The molecule has 2 atom stereocenters. The van der Waals surface area contributed by atoms with Crippen molar-refractivity contribution in [2.75, 3.05) is 27.4 Å². The number of benzene rings is 2. The molecule has 4 rings (SSSR count). The number of Topliss-reactive ketones (excluding diaryl/α,β-unsaturated/α-hetero) is 1. The zero-order valence-electron chi connectivity index (χ0n) is 17.8. The summed E-state index contributed by atoms with van der Waals surface area (Å²) in [4.78, 5) is 27.7. The first-order chi connectivity index (χ1) is 15.4. The summed E-state index contributed by atoms with van der Waals surface area (Å²) in [5.41, 5.74) is 0.915. The second kappa shape index (κ2) is 9.22. The van der Waals surface area contributed by atoms with Crippen molar-refractivity contribution in [2.24, 2.45) is 0 Å². The van der Waals surface area contributed by atoms with E-state index in [1.165, 1.54) is 19.1 Å². The van der Waals surface area contributed by atoms with Gasteiger partial charge >= 0.3 is 0 Å². The van der Waals surface area contributed by atoms with Crippen molar-refractivity contribution >= 4 is 29.1 Å². The molecule has 2 heterocycles. The van der Waals surface area contributed by atoms with E-state index in [9.17, 15) is 14.7 Å². The summed E-state index contributed by atoms with van der Waals surface area (Å²) in [7, 11) is 3.04. The van der Waals surface area contributed by atoms with Crippen molar-refractivity contribution in [3.8, 4) is 11.5 Å². The zero-order chi connectivity index (χ0) is 22.8. The maximum absolute atomic E-state index is 13.2. The van der Waals surface area contributed by atoms with Crippen LogP contribution in [0.25, 0.3) is 5.76 Å². The molecule has 2 aliphatic rings. The van der Waals surface area contributed by atoms with E-state index in [4.69, 9.17) is 25.8 Å². The molecule has 0 aromatic heterocycles. The number of ketones is 1. The van der Waals surface area contributed by atoms with E-state index in [-0.39, 0.29) is 24.0 Å². The molecule has 2 saturated heterocycles. The van der Waals surface area contributed by atoms with E-state index in [1.807, 2.05) is 0 Å². The Morgan fingerprint density at radius 2 is 1.91 bits per heavy atom. The minimum absolute atomic E-state index is 0.0122. The van der Waals surface area contributed by atoms with E-state index in [0.717, 1.165) is 12.8 Å². The summed E-state index contributed by atoms with van der Waals surface area (Å²) >= 11 is 5.97. The molecule has 0 spiro atoms. The molecule has 0 unspecified atom stereocenters. The molecule has 2 aliphatic heterocycles. The number of hydrogen-bond acceptors (Lipinski definition) is 6. The van der Waals surface area contributed by atoms with Crippen LogP contribution in [-0.2, 0) is 14.3 Å². The first-order valence-corrected chi connectivity index (χ1v) is 10.7. The number of hydrogen-bond donors (Lipinski definition) is 1. The summed E-state index contributed by atoms with van der Waals surface area (Å²) in [5, 5.41) is 11.6. The largest absolute Gasteiger partial charge is 0.507 e. The van der Waals surface area contributed by atoms with Crippen LogP contribution in [0, 0.1) is 0 Å².